The zero-order valence-electron chi connectivity index (χ0n) is 11.0. The first-order valence-electron chi connectivity index (χ1n) is 6.31. The van der Waals surface area contributed by atoms with Crippen LogP contribution < -0.4 is 15.2 Å². The van der Waals surface area contributed by atoms with Gasteiger partial charge in [0, 0.05) is 23.9 Å². The summed E-state index contributed by atoms with van der Waals surface area (Å²) in [7, 11) is 0. The molecule has 3 nitrogen and oxygen atoms in total. The van der Waals surface area contributed by atoms with Crippen molar-refractivity contribution in [3.05, 3.63) is 18.2 Å². The van der Waals surface area contributed by atoms with Gasteiger partial charge in [-0.3, -0.25) is 0 Å². The molecule has 0 spiro atoms. The third kappa shape index (κ3) is 4.98. The Morgan fingerprint density at radius 3 is 2.35 bits per heavy atom. The second-order valence-corrected chi connectivity index (χ2v) is 4.38. The van der Waals surface area contributed by atoms with Gasteiger partial charge >= 0.3 is 0 Å². The van der Waals surface area contributed by atoms with Crippen molar-refractivity contribution in [2.75, 3.05) is 18.9 Å². The molecule has 17 heavy (non-hydrogen) atoms. The van der Waals surface area contributed by atoms with Crippen molar-refractivity contribution in [1.29, 1.82) is 0 Å². The summed E-state index contributed by atoms with van der Waals surface area (Å²) in [5, 5.41) is 0. The topological polar surface area (TPSA) is 44.5 Å². The summed E-state index contributed by atoms with van der Waals surface area (Å²) in [4.78, 5) is 0. The van der Waals surface area contributed by atoms with Crippen LogP contribution in [0.1, 0.15) is 33.6 Å². The fourth-order valence-corrected chi connectivity index (χ4v) is 1.74. The Hall–Kier alpha value is -1.38. The molecule has 0 fully saturated rings. The molecule has 3 heteroatoms. The number of nitrogens with two attached hydrogens (primary N) is 1. The van der Waals surface area contributed by atoms with Crippen LogP contribution in [-0.2, 0) is 0 Å². The minimum Gasteiger partial charge on any atom is -0.494 e. The summed E-state index contributed by atoms with van der Waals surface area (Å²) in [6.07, 6.45) is 2.37. The van der Waals surface area contributed by atoms with E-state index in [0.717, 1.165) is 18.1 Å². The Kier molecular flexibility index (Phi) is 5.67. The summed E-state index contributed by atoms with van der Waals surface area (Å²) in [5.41, 5.74) is 6.47. The maximum absolute atomic E-state index is 5.79. The fourth-order valence-electron chi connectivity index (χ4n) is 1.74. The van der Waals surface area contributed by atoms with Crippen LogP contribution in [0.25, 0.3) is 0 Å². The number of hydrogen-bond acceptors (Lipinski definition) is 3. The maximum atomic E-state index is 5.79. The molecule has 96 valence electrons. The van der Waals surface area contributed by atoms with Crippen molar-refractivity contribution in [1.82, 2.24) is 0 Å². The van der Waals surface area contributed by atoms with Crippen LogP contribution in [0.4, 0.5) is 5.69 Å². The summed E-state index contributed by atoms with van der Waals surface area (Å²) in [6, 6.07) is 5.53. The highest BCUT2D eigenvalue weighted by atomic mass is 16.5. The first kappa shape index (κ1) is 13.7. The molecule has 0 heterocycles. The Morgan fingerprint density at radius 1 is 1.12 bits per heavy atom. The van der Waals surface area contributed by atoms with Gasteiger partial charge in [0.05, 0.1) is 13.2 Å². The van der Waals surface area contributed by atoms with Gasteiger partial charge in [0.25, 0.3) is 0 Å². The maximum Gasteiger partial charge on any atom is 0.125 e. The predicted molar refractivity (Wildman–Crippen MR) is 71.6 cm³/mol. The van der Waals surface area contributed by atoms with Gasteiger partial charge in [0.15, 0.2) is 0 Å². The van der Waals surface area contributed by atoms with E-state index in [1.807, 2.05) is 25.1 Å². The first-order valence-corrected chi connectivity index (χ1v) is 6.31. The van der Waals surface area contributed by atoms with Crippen LogP contribution in [0.2, 0.25) is 0 Å². The number of rotatable bonds is 7. The van der Waals surface area contributed by atoms with E-state index in [9.17, 15) is 0 Å². The summed E-state index contributed by atoms with van der Waals surface area (Å²) in [6.45, 7) is 7.69. The van der Waals surface area contributed by atoms with E-state index < -0.39 is 0 Å². The number of benzene rings is 1. The number of ether oxygens (including phenoxy) is 2. The molecule has 0 aliphatic rings. The molecule has 0 aliphatic carbocycles. The molecule has 0 radical (unpaired) electrons. The molecule has 0 aromatic heterocycles. The third-order valence-corrected chi connectivity index (χ3v) is 2.53. The van der Waals surface area contributed by atoms with Gasteiger partial charge in [0.2, 0.25) is 0 Å². The van der Waals surface area contributed by atoms with Crippen molar-refractivity contribution in [2.24, 2.45) is 5.92 Å². The fraction of sp³-hybridized carbons (Fsp3) is 0.571. The SMILES string of the molecule is CCCC(C)COc1cc(N)cc(OCC)c1. The molecule has 1 aromatic rings. The van der Waals surface area contributed by atoms with Crippen LogP contribution in [0.3, 0.4) is 0 Å². The molecule has 0 aliphatic heterocycles. The van der Waals surface area contributed by atoms with Gasteiger partial charge in [-0.05, 0) is 19.3 Å². The summed E-state index contributed by atoms with van der Waals surface area (Å²) in [5.74, 6) is 2.12. The van der Waals surface area contributed by atoms with Crippen LogP contribution in [0.15, 0.2) is 18.2 Å². The van der Waals surface area contributed by atoms with E-state index in [2.05, 4.69) is 13.8 Å². The van der Waals surface area contributed by atoms with Crippen molar-refractivity contribution in [3.63, 3.8) is 0 Å². The van der Waals surface area contributed by atoms with Gasteiger partial charge < -0.3 is 15.2 Å². The molecule has 2 N–H and O–H groups in total. The van der Waals surface area contributed by atoms with E-state index >= 15 is 0 Å². The molecular weight excluding hydrogens is 214 g/mol. The first-order chi connectivity index (χ1) is 8.15. The van der Waals surface area contributed by atoms with Gasteiger partial charge in [-0.1, -0.05) is 20.3 Å². The minimum atomic E-state index is 0.567. The lowest BCUT2D eigenvalue weighted by Crippen LogP contribution is -2.08. The molecule has 0 saturated carbocycles. The average Bonchev–Trinajstić information content (AvgIpc) is 2.26. The van der Waals surface area contributed by atoms with Gasteiger partial charge in [0.1, 0.15) is 11.5 Å². The van der Waals surface area contributed by atoms with Gasteiger partial charge in [-0.2, -0.15) is 0 Å². The average molecular weight is 237 g/mol. The van der Waals surface area contributed by atoms with Crippen molar-refractivity contribution in [3.8, 4) is 11.5 Å². The second kappa shape index (κ2) is 7.05. The van der Waals surface area contributed by atoms with Crippen LogP contribution >= 0.6 is 0 Å². The molecule has 0 bridgehead atoms. The predicted octanol–water partition coefficient (Wildman–Crippen LogP) is 3.48. The largest absolute Gasteiger partial charge is 0.494 e. The Balaban J connectivity index is 2.57. The van der Waals surface area contributed by atoms with Gasteiger partial charge in [-0.15, -0.1) is 0 Å². The highest BCUT2D eigenvalue weighted by Gasteiger charge is 2.04. The van der Waals surface area contributed by atoms with E-state index in [4.69, 9.17) is 15.2 Å². The minimum absolute atomic E-state index is 0.567. The molecule has 0 amide bonds. The normalized spacial score (nSPS) is 12.2. The zero-order chi connectivity index (χ0) is 12.7. The van der Waals surface area contributed by atoms with Crippen molar-refractivity contribution >= 4 is 5.69 Å². The lowest BCUT2D eigenvalue weighted by atomic mass is 10.1. The second-order valence-electron chi connectivity index (χ2n) is 4.38. The van der Waals surface area contributed by atoms with Gasteiger partial charge in [-0.25, -0.2) is 0 Å². The highest BCUT2D eigenvalue weighted by Crippen LogP contribution is 2.25. The molecule has 1 unspecified atom stereocenters. The summed E-state index contributed by atoms with van der Waals surface area (Å²) >= 11 is 0. The zero-order valence-corrected chi connectivity index (χ0v) is 11.0. The number of anilines is 1. The van der Waals surface area contributed by atoms with Crippen LogP contribution in [0, 0.1) is 5.92 Å². The van der Waals surface area contributed by atoms with E-state index in [0.29, 0.717) is 18.2 Å². The quantitative estimate of drug-likeness (QED) is 0.738. The lowest BCUT2D eigenvalue weighted by Gasteiger charge is -2.13. The lowest BCUT2D eigenvalue weighted by molar-refractivity contribution is 0.250. The van der Waals surface area contributed by atoms with E-state index in [1.54, 1.807) is 0 Å². The Labute approximate surface area is 104 Å². The monoisotopic (exact) mass is 237 g/mol. The standard InChI is InChI=1S/C14H23NO2/c1-4-6-11(3)10-17-14-8-12(15)7-13(9-14)16-5-2/h7-9,11H,4-6,10,15H2,1-3H3. The van der Waals surface area contributed by atoms with E-state index in [-0.39, 0.29) is 0 Å². The summed E-state index contributed by atoms with van der Waals surface area (Å²) < 4.78 is 11.1. The number of nitrogen functional groups attached to an aromatic ring is 1. The molecule has 0 saturated heterocycles. The molecular formula is C14H23NO2. The highest BCUT2D eigenvalue weighted by molar-refractivity contribution is 5.50. The van der Waals surface area contributed by atoms with E-state index in [1.165, 1.54) is 12.8 Å². The Morgan fingerprint density at radius 2 is 1.76 bits per heavy atom. The van der Waals surface area contributed by atoms with Crippen molar-refractivity contribution in [2.45, 2.75) is 33.6 Å². The smallest absolute Gasteiger partial charge is 0.125 e. The van der Waals surface area contributed by atoms with Crippen LogP contribution in [0.5, 0.6) is 11.5 Å². The Bertz CT molecular complexity index is 339. The van der Waals surface area contributed by atoms with Crippen LogP contribution in [-0.4, -0.2) is 13.2 Å². The van der Waals surface area contributed by atoms with Crippen molar-refractivity contribution < 1.29 is 9.47 Å². The third-order valence-electron chi connectivity index (χ3n) is 2.53. The molecule has 1 aromatic carbocycles. The molecule has 1 rings (SSSR count). The number of hydrogen-bond donors (Lipinski definition) is 1. The molecule has 1 atom stereocenters.